The first-order valence-electron chi connectivity index (χ1n) is 6.67. The normalized spacial score (nSPS) is 22.3. The predicted octanol–water partition coefficient (Wildman–Crippen LogP) is 1.46. The van der Waals surface area contributed by atoms with Gasteiger partial charge in [-0.3, -0.25) is 0 Å². The fourth-order valence-electron chi connectivity index (χ4n) is 2.44. The molecule has 1 saturated heterocycles. The highest BCUT2D eigenvalue weighted by molar-refractivity contribution is 5.52. The number of pyridine rings is 1. The van der Waals surface area contributed by atoms with Gasteiger partial charge in [0.1, 0.15) is 0 Å². The summed E-state index contributed by atoms with van der Waals surface area (Å²) in [4.78, 5) is 6.54. The molecule has 2 rings (SSSR count). The SMILES string of the molecule is CCOc1cccnc1N1CC(CO)OC(C)(C)C1. The van der Waals surface area contributed by atoms with Crippen LogP contribution in [0.2, 0.25) is 0 Å². The summed E-state index contributed by atoms with van der Waals surface area (Å²) < 4.78 is 11.4. The van der Waals surface area contributed by atoms with Crippen LogP contribution >= 0.6 is 0 Å². The van der Waals surface area contributed by atoms with Gasteiger partial charge in [0, 0.05) is 19.3 Å². The van der Waals surface area contributed by atoms with Crippen molar-refractivity contribution in [3.63, 3.8) is 0 Å². The number of nitrogens with zero attached hydrogens (tertiary/aromatic N) is 2. The highest BCUT2D eigenvalue weighted by Crippen LogP contribution is 2.30. The van der Waals surface area contributed by atoms with Crippen molar-refractivity contribution in [2.45, 2.75) is 32.5 Å². The molecule has 1 atom stereocenters. The Labute approximate surface area is 114 Å². The Bertz CT molecular complexity index is 423. The number of aromatic nitrogens is 1. The summed E-state index contributed by atoms with van der Waals surface area (Å²) in [7, 11) is 0. The quantitative estimate of drug-likeness (QED) is 0.894. The second-order valence-corrected chi connectivity index (χ2v) is 5.32. The fraction of sp³-hybridized carbons (Fsp3) is 0.643. The van der Waals surface area contributed by atoms with Crippen LogP contribution in [0.1, 0.15) is 20.8 Å². The summed E-state index contributed by atoms with van der Waals surface area (Å²) >= 11 is 0. The molecule has 1 unspecified atom stereocenters. The smallest absolute Gasteiger partial charge is 0.171 e. The number of morpholine rings is 1. The summed E-state index contributed by atoms with van der Waals surface area (Å²) in [6, 6.07) is 3.78. The van der Waals surface area contributed by atoms with Gasteiger partial charge < -0.3 is 19.5 Å². The highest BCUT2D eigenvalue weighted by Gasteiger charge is 2.34. The minimum absolute atomic E-state index is 0.0106. The number of anilines is 1. The molecule has 19 heavy (non-hydrogen) atoms. The number of rotatable bonds is 4. The maximum Gasteiger partial charge on any atom is 0.171 e. The average Bonchev–Trinajstić information content (AvgIpc) is 2.38. The average molecular weight is 266 g/mol. The van der Waals surface area contributed by atoms with Gasteiger partial charge in [0.15, 0.2) is 11.6 Å². The van der Waals surface area contributed by atoms with Crippen molar-refractivity contribution < 1.29 is 14.6 Å². The first kappa shape index (κ1) is 14.1. The van der Waals surface area contributed by atoms with Crippen LogP contribution in [0.15, 0.2) is 18.3 Å². The lowest BCUT2D eigenvalue weighted by Crippen LogP contribution is -2.54. The molecular weight excluding hydrogens is 244 g/mol. The molecule has 5 heteroatoms. The fourth-order valence-corrected chi connectivity index (χ4v) is 2.44. The van der Waals surface area contributed by atoms with E-state index in [9.17, 15) is 5.11 Å². The molecule has 1 N–H and O–H groups in total. The van der Waals surface area contributed by atoms with E-state index in [-0.39, 0.29) is 18.3 Å². The van der Waals surface area contributed by atoms with Crippen LogP contribution in [0, 0.1) is 0 Å². The molecule has 0 radical (unpaired) electrons. The molecule has 5 nitrogen and oxygen atoms in total. The zero-order valence-electron chi connectivity index (χ0n) is 11.8. The van der Waals surface area contributed by atoms with E-state index >= 15 is 0 Å². The Morgan fingerprint density at radius 2 is 2.37 bits per heavy atom. The van der Waals surface area contributed by atoms with Crippen LogP contribution in [0.5, 0.6) is 5.75 Å². The van der Waals surface area contributed by atoms with Crippen molar-refractivity contribution >= 4 is 5.82 Å². The van der Waals surface area contributed by atoms with Crippen LogP contribution < -0.4 is 9.64 Å². The Morgan fingerprint density at radius 3 is 3.05 bits per heavy atom. The van der Waals surface area contributed by atoms with Crippen molar-refractivity contribution in [2.24, 2.45) is 0 Å². The molecule has 0 saturated carbocycles. The standard InChI is InChI=1S/C14H22N2O3/c1-4-18-12-6-5-7-15-13(12)16-8-11(9-17)19-14(2,3)10-16/h5-7,11,17H,4,8-10H2,1-3H3. The van der Waals surface area contributed by atoms with Gasteiger partial charge in [0.05, 0.1) is 24.9 Å². The second kappa shape index (κ2) is 5.75. The molecule has 1 fully saturated rings. The molecule has 106 valence electrons. The Morgan fingerprint density at radius 1 is 1.58 bits per heavy atom. The first-order valence-corrected chi connectivity index (χ1v) is 6.67. The van der Waals surface area contributed by atoms with Crippen molar-refractivity contribution in [3.8, 4) is 5.75 Å². The van der Waals surface area contributed by atoms with E-state index in [0.29, 0.717) is 13.2 Å². The number of hydrogen-bond donors (Lipinski definition) is 1. The number of hydrogen-bond acceptors (Lipinski definition) is 5. The molecule has 0 aromatic carbocycles. The third-order valence-electron chi connectivity index (χ3n) is 3.04. The lowest BCUT2D eigenvalue weighted by molar-refractivity contribution is -0.101. The zero-order valence-corrected chi connectivity index (χ0v) is 11.8. The summed E-state index contributed by atoms with van der Waals surface area (Å²) in [5, 5.41) is 9.36. The van der Waals surface area contributed by atoms with Crippen molar-refractivity contribution in [1.29, 1.82) is 0 Å². The molecular formula is C14H22N2O3. The molecule has 0 spiro atoms. The molecule has 1 aromatic heterocycles. The number of aliphatic hydroxyl groups is 1. The van der Waals surface area contributed by atoms with Gasteiger partial charge in [0.2, 0.25) is 0 Å². The minimum atomic E-state index is -0.313. The van der Waals surface area contributed by atoms with Crippen LogP contribution in [0.3, 0.4) is 0 Å². The lowest BCUT2D eigenvalue weighted by atomic mass is 10.1. The van der Waals surface area contributed by atoms with Crippen molar-refractivity contribution in [3.05, 3.63) is 18.3 Å². The minimum Gasteiger partial charge on any atom is -0.490 e. The molecule has 1 aliphatic heterocycles. The van der Waals surface area contributed by atoms with Gasteiger partial charge in [0.25, 0.3) is 0 Å². The third kappa shape index (κ3) is 3.36. The monoisotopic (exact) mass is 266 g/mol. The summed E-state index contributed by atoms with van der Waals surface area (Å²) in [5.74, 6) is 1.60. The Kier molecular flexibility index (Phi) is 4.27. The zero-order chi connectivity index (χ0) is 13.9. The van der Waals surface area contributed by atoms with E-state index in [1.807, 2.05) is 32.9 Å². The number of ether oxygens (including phenoxy) is 2. The van der Waals surface area contributed by atoms with Gasteiger partial charge in [-0.2, -0.15) is 0 Å². The summed E-state index contributed by atoms with van der Waals surface area (Å²) in [5.41, 5.74) is -0.313. The maximum atomic E-state index is 9.36. The third-order valence-corrected chi connectivity index (χ3v) is 3.04. The van der Waals surface area contributed by atoms with Gasteiger partial charge in [-0.05, 0) is 32.9 Å². The van der Waals surface area contributed by atoms with Crippen LogP contribution in [-0.4, -0.2) is 48.1 Å². The van der Waals surface area contributed by atoms with E-state index < -0.39 is 0 Å². The molecule has 2 heterocycles. The van der Waals surface area contributed by atoms with E-state index in [1.165, 1.54) is 0 Å². The Hall–Kier alpha value is -1.33. The number of aliphatic hydroxyl groups excluding tert-OH is 1. The second-order valence-electron chi connectivity index (χ2n) is 5.32. The summed E-state index contributed by atoms with van der Waals surface area (Å²) in [6.07, 6.45) is 1.56. The maximum absolute atomic E-state index is 9.36. The topological polar surface area (TPSA) is 54.8 Å². The van der Waals surface area contributed by atoms with Crippen molar-refractivity contribution in [1.82, 2.24) is 4.98 Å². The van der Waals surface area contributed by atoms with E-state index in [2.05, 4.69) is 9.88 Å². The van der Waals surface area contributed by atoms with Gasteiger partial charge in [-0.15, -0.1) is 0 Å². The highest BCUT2D eigenvalue weighted by atomic mass is 16.5. The largest absolute Gasteiger partial charge is 0.490 e. The van der Waals surface area contributed by atoms with E-state index in [1.54, 1.807) is 6.20 Å². The van der Waals surface area contributed by atoms with Crippen LogP contribution in [0.4, 0.5) is 5.82 Å². The van der Waals surface area contributed by atoms with E-state index in [0.717, 1.165) is 18.1 Å². The molecule has 0 amide bonds. The van der Waals surface area contributed by atoms with Crippen molar-refractivity contribution in [2.75, 3.05) is 31.2 Å². The van der Waals surface area contributed by atoms with Gasteiger partial charge in [-0.1, -0.05) is 0 Å². The lowest BCUT2D eigenvalue weighted by Gasteiger charge is -2.43. The van der Waals surface area contributed by atoms with Gasteiger partial charge in [-0.25, -0.2) is 4.98 Å². The summed E-state index contributed by atoms with van der Waals surface area (Å²) in [6.45, 7) is 7.96. The molecule has 1 aliphatic rings. The Balaban J connectivity index is 2.25. The first-order chi connectivity index (χ1) is 9.05. The molecule has 0 bridgehead atoms. The predicted molar refractivity (Wildman–Crippen MR) is 73.7 cm³/mol. The molecule has 1 aromatic rings. The van der Waals surface area contributed by atoms with E-state index in [4.69, 9.17) is 9.47 Å². The van der Waals surface area contributed by atoms with Crippen LogP contribution in [0.25, 0.3) is 0 Å². The van der Waals surface area contributed by atoms with Crippen LogP contribution in [-0.2, 0) is 4.74 Å². The molecule has 0 aliphatic carbocycles. The van der Waals surface area contributed by atoms with Gasteiger partial charge >= 0.3 is 0 Å².